The van der Waals surface area contributed by atoms with Crippen LogP contribution in [0.1, 0.15) is 303 Å². The minimum absolute atomic E-state index is 0.0291. The number of carbonyl (C=O) groups is 2. The molecule has 0 aliphatic carbocycles. The van der Waals surface area contributed by atoms with Crippen molar-refractivity contribution in [2.24, 2.45) is 0 Å². The number of hydrogen-bond acceptors (Lipinski definition) is 6. The van der Waals surface area contributed by atoms with Crippen LogP contribution in [0.25, 0.3) is 0 Å². The number of unbranched alkanes of at least 4 members (excludes halogenated alkanes) is 31. The smallest absolute Gasteiger partial charge is 0.456 e. The van der Waals surface area contributed by atoms with Gasteiger partial charge in [0.1, 0.15) is 19.3 Å². The molecule has 0 aliphatic heterocycles. The highest BCUT2D eigenvalue weighted by atomic mass is 31.2. The van der Waals surface area contributed by atoms with Gasteiger partial charge in [0.25, 0.3) is 0 Å². The van der Waals surface area contributed by atoms with Crippen LogP contribution in [0.5, 0.6) is 0 Å². The largest absolute Gasteiger partial charge is 0.472 e. The van der Waals surface area contributed by atoms with E-state index < -0.39 is 20.0 Å². The Bertz CT molecular complexity index is 1820. The third-order valence-corrected chi connectivity index (χ3v) is 16.2. The molecule has 0 saturated heterocycles. The first kappa shape index (κ1) is 81.7. The third kappa shape index (κ3) is 65.0. The molecule has 0 aromatic heterocycles. The van der Waals surface area contributed by atoms with Gasteiger partial charge in [-0.05, 0) is 115 Å². The number of amides is 1. The molecule has 3 unspecified atom stereocenters. The predicted octanol–water partition coefficient (Wildman–Crippen LogP) is 22.5. The Labute approximate surface area is 525 Å². The van der Waals surface area contributed by atoms with Crippen molar-refractivity contribution in [2.45, 2.75) is 315 Å². The van der Waals surface area contributed by atoms with E-state index in [1.807, 2.05) is 33.3 Å². The van der Waals surface area contributed by atoms with Crippen molar-refractivity contribution in [2.75, 3.05) is 40.9 Å². The first-order valence-electron chi connectivity index (χ1n) is 35.2. The zero-order valence-electron chi connectivity index (χ0n) is 56.1. The standard InChI is InChI=1S/C75H133N2O7P/c1-7-10-13-16-19-22-25-27-29-31-33-35-36-37-38-39-40-42-43-45-47-49-52-55-58-61-64-67-74(78)76-72(71-83-85(80,81)82-70-69-77(4,5)6)73(66-63-60-57-54-51-24-21-18-15-12-9-3)84-75(79)68-65-62-59-56-53-50-48-46-44-41-34-32-30-28-26-23-20-17-14-11-8-2/h11,14,19-20,22-23,27-30,34,41,46,48,53,56,63,66,72-73H,7-10,12-13,15-18,21,24-26,31-33,35-40,42-45,47,49-52,54-55,57-62,64-65,67-71H2,1-6H3,(H-,76,78,80,81)/p+1/b14-11-,22-19-,23-20-,29-27-,30-28-,41-34-,48-46-,56-53-,66-63-. The molecule has 1 amide bonds. The lowest BCUT2D eigenvalue weighted by Crippen LogP contribution is -2.47. The highest BCUT2D eigenvalue weighted by molar-refractivity contribution is 7.47. The molecule has 10 heteroatoms. The SMILES string of the molecule is CC/C=C\C/C=C\C/C=C\C/C=C\C/C=C\C/C=C\CCCCC(=O)OC(/C=C\CCCCCCCCCCC)C(COP(=O)(O)OCC[N+](C)(C)C)NC(=O)CCCCCCCCCCCCCCCCCCC/C=C\C/C=C\CCCCC. The average Bonchev–Trinajstić information content (AvgIpc) is 3.63. The van der Waals surface area contributed by atoms with Gasteiger partial charge in [0.15, 0.2) is 0 Å². The van der Waals surface area contributed by atoms with Crippen molar-refractivity contribution in [1.29, 1.82) is 0 Å². The quantitative estimate of drug-likeness (QED) is 0.0205. The van der Waals surface area contributed by atoms with Crippen LogP contribution in [-0.2, 0) is 27.9 Å². The second kappa shape index (κ2) is 63.7. The molecule has 0 rings (SSSR count). The minimum atomic E-state index is -4.47. The molecule has 0 bridgehead atoms. The molecule has 0 heterocycles. The van der Waals surface area contributed by atoms with E-state index in [-0.39, 0.29) is 31.5 Å². The van der Waals surface area contributed by atoms with Crippen molar-refractivity contribution in [1.82, 2.24) is 5.32 Å². The number of likely N-dealkylation sites (N-methyl/N-ethyl adjacent to an activating group) is 1. The summed E-state index contributed by atoms with van der Waals surface area (Å²) in [6, 6.07) is -0.873. The monoisotopic (exact) mass is 1210 g/mol. The number of nitrogens with zero attached hydrogens (tertiary/aromatic N) is 1. The lowest BCUT2D eigenvalue weighted by Gasteiger charge is -2.27. The lowest BCUT2D eigenvalue weighted by atomic mass is 10.0. The van der Waals surface area contributed by atoms with Crippen LogP contribution in [0.3, 0.4) is 0 Å². The Hall–Kier alpha value is -3.33. The van der Waals surface area contributed by atoms with Crippen LogP contribution < -0.4 is 5.32 Å². The Morgan fingerprint density at radius 3 is 1.16 bits per heavy atom. The summed E-state index contributed by atoms with van der Waals surface area (Å²) in [5, 5.41) is 3.06. The van der Waals surface area contributed by atoms with Gasteiger partial charge in [-0.1, -0.05) is 285 Å². The van der Waals surface area contributed by atoms with Gasteiger partial charge in [-0.15, -0.1) is 0 Å². The lowest BCUT2D eigenvalue weighted by molar-refractivity contribution is -0.870. The number of nitrogens with one attached hydrogen (secondary N) is 1. The van der Waals surface area contributed by atoms with E-state index in [2.05, 4.69) is 123 Å². The molecule has 0 saturated carbocycles. The first-order chi connectivity index (χ1) is 41.4. The minimum Gasteiger partial charge on any atom is -0.456 e. The molecule has 0 spiro atoms. The maximum Gasteiger partial charge on any atom is 0.472 e. The maximum absolute atomic E-state index is 13.6. The van der Waals surface area contributed by atoms with Crippen LogP contribution in [-0.4, -0.2) is 74.3 Å². The van der Waals surface area contributed by atoms with Gasteiger partial charge in [0, 0.05) is 12.8 Å². The number of phosphoric ester groups is 1. The Balaban J connectivity index is 5.07. The highest BCUT2D eigenvalue weighted by Crippen LogP contribution is 2.43. The number of esters is 1. The molecule has 9 nitrogen and oxygen atoms in total. The number of phosphoric acid groups is 1. The molecule has 0 fully saturated rings. The van der Waals surface area contributed by atoms with Gasteiger partial charge >= 0.3 is 13.8 Å². The molecule has 490 valence electrons. The van der Waals surface area contributed by atoms with Crippen LogP contribution in [0, 0.1) is 0 Å². The van der Waals surface area contributed by atoms with Crippen molar-refractivity contribution in [3.05, 3.63) is 109 Å². The van der Waals surface area contributed by atoms with Gasteiger partial charge in [0.2, 0.25) is 5.91 Å². The Morgan fingerprint density at radius 2 is 0.753 bits per heavy atom. The van der Waals surface area contributed by atoms with E-state index in [1.165, 1.54) is 167 Å². The van der Waals surface area contributed by atoms with E-state index in [9.17, 15) is 19.0 Å². The van der Waals surface area contributed by atoms with Gasteiger partial charge in [-0.2, -0.15) is 0 Å². The van der Waals surface area contributed by atoms with Gasteiger partial charge < -0.3 is 19.4 Å². The number of hydrogen-bond donors (Lipinski definition) is 2. The Kier molecular flexibility index (Phi) is 61.2. The molecule has 0 aromatic carbocycles. The van der Waals surface area contributed by atoms with E-state index in [4.69, 9.17) is 13.8 Å². The summed E-state index contributed by atoms with van der Waals surface area (Å²) in [5.74, 6) is -0.554. The fourth-order valence-electron chi connectivity index (χ4n) is 9.80. The van der Waals surface area contributed by atoms with Crippen molar-refractivity contribution >= 4 is 19.7 Å². The van der Waals surface area contributed by atoms with E-state index >= 15 is 0 Å². The zero-order valence-corrected chi connectivity index (χ0v) is 57.0. The van der Waals surface area contributed by atoms with Crippen molar-refractivity contribution in [3.63, 3.8) is 0 Å². The molecule has 0 aromatic rings. The molecule has 0 radical (unpaired) electrons. The average molecular weight is 1210 g/mol. The van der Waals surface area contributed by atoms with Crippen molar-refractivity contribution < 1.29 is 37.3 Å². The summed E-state index contributed by atoms with van der Waals surface area (Å²) < 4.78 is 30.7. The molecular formula is C75H134N2O7P+. The van der Waals surface area contributed by atoms with Crippen molar-refractivity contribution in [3.8, 4) is 0 Å². The summed E-state index contributed by atoms with van der Waals surface area (Å²) in [7, 11) is 1.47. The molecule has 85 heavy (non-hydrogen) atoms. The van der Waals surface area contributed by atoms with E-state index in [1.54, 1.807) is 0 Å². The van der Waals surface area contributed by atoms with Crippen LogP contribution >= 0.6 is 7.82 Å². The fraction of sp³-hybridized carbons (Fsp3) is 0.733. The number of ether oxygens (including phenoxy) is 1. The predicted molar refractivity (Wildman–Crippen MR) is 369 cm³/mol. The third-order valence-electron chi connectivity index (χ3n) is 15.2. The van der Waals surface area contributed by atoms with Gasteiger partial charge in [-0.25, -0.2) is 4.57 Å². The normalized spacial score (nSPS) is 14.2. The summed E-state index contributed by atoms with van der Waals surface area (Å²) in [6.45, 7) is 6.85. The maximum atomic E-state index is 13.6. The summed E-state index contributed by atoms with van der Waals surface area (Å²) in [5.41, 5.74) is 0. The highest BCUT2D eigenvalue weighted by Gasteiger charge is 2.30. The van der Waals surface area contributed by atoms with E-state index in [0.29, 0.717) is 23.9 Å². The topological polar surface area (TPSA) is 111 Å². The summed E-state index contributed by atoms with van der Waals surface area (Å²) >= 11 is 0. The second-order valence-electron chi connectivity index (χ2n) is 24.7. The van der Waals surface area contributed by atoms with Crippen LogP contribution in [0.2, 0.25) is 0 Å². The molecule has 3 atom stereocenters. The fourth-order valence-corrected chi connectivity index (χ4v) is 10.5. The second-order valence-corrected chi connectivity index (χ2v) is 26.1. The van der Waals surface area contributed by atoms with Crippen LogP contribution in [0.15, 0.2) is 109 Å². The van der Waals surface area contributed by atoms with Gasteiger partial charge in [-0.3, -0.25) is 18.6 Å². The molecule has 0 aliphatic rings. The van der Waals surface area contributed by atoms with Gasteiger partial charge in [0.05, 0.1) is 33.8 Å². The number of allylic oxidation sites excluding steroid dienone is 17. The number of carbonyl (C=O) groups excluding carboxylic acids is 2. The summed E-state index contributed by atoms with van der Waals surface area (Å²) in [6.07, 6.45) is 88.3. The van der Waals surface area contributed by atoms with E-state index in [0.717, 1.165) is 96.3 Å². The number of quaternary nitrogens is 1. The number of rotatable bonds is 63. The zero-order chi connectivity index (χ0) is 62.1. The first-order valence-corrected chi connectivity index (χ1v) is 36.7. The molecule has 2 N–H and O–H groups in total. The van der Waals surface area contributed by atoms with Crippen LogP contribution in [0.4, 0.5) is 0 Å². The molecular weight excluding hydrogens is 1070 g/mol. The summed E-state index contributed by atoms with van der Waals surface area (Å²) in [4.78, 5) is 37.8. The Morgan fingerprint density at radius 1 is 0.424 bits per heavy atom.